The van der Waals surface area contributed by atoms with Gasteiger partial charge in [0.25, 0.3) is 0 Å². The first-order valence-corrected chi connectivity index (χ1v) is 4.23. The van der Waals surface area contributed by atoms with E-state index in [9.17, 15) is 4.79 Å². The van der Waals surface area contributed by atoms with Crippen LogP contribution in [0.25, 0.3) is 0 Å². The molecule has 1 heterocycles. The molecule has 1 aromatic rings. The van der Waals surface area contributed by atoms with Crippen molar-refractivity contribution in [3.8, 4) is 0 Å². The molecule has 0 aliphatic heterocycles. The molecular formula is C5H4AsO2S. The molecule has 1 radical (unpaired) electrons. The van der Waals surface area contributed by atoms with Crippen molar-refractivity contribution in [2.75, 3.05) is 0 Å². The molecule has 1 unspecified atom stereocenters. The molecule has 0 aromatic carbocycles. The standard InChI is InChI=1S/C5H4AsO2S/c6-4-1-3(2-9-4)5(7)8/h1H,6H2,(H,7,8). The molecule has 1 atom stereocenters. The minimum absolute atomic E-state index is 0.277. The van der Waals surface area contributed by atoms with Crippen LogP contribution in [0.4, 0.5) is 0 Å². The summed E-state index contributed by atoms with van der Waals surface area (Å²) in [4.78, 5) is 10.2. The first-order valence-electron chi connectivity index (χ1n) is 2.20. The van der Waals surface area contributed by atoms with Crippen molar-refractivity contribution in [1.82, 2.24) is 0 Å². The molecular weight excluding hydrogens is 199 g/mol. The molecule has 4 heteroatoms. The average Bonchev–Trinajstić information content (AvgIpc) is 2.14. The fourth-order valence-corrected chi connectivity index (χ4v) is 1.69. The van der Waals surface area contributed by atoms with E-state index in [0.29, 0.717) is 0 Å². The third kappa shape index (κ3) is 1.57. The Balaban J connectivity index is 2.98. The Morgan fingerprint density at radius 1 is 1.89 bits per heavy atom. The summed E-state index contributed by atoms with van der Waals surface area (Å²) in [6.45, 7) is 0. The van der Waals surface area contributed by atoms with E-state index >= 15 is 0 Å². The zero-order valence-electron chi connectivity index (χ0n) is 4.42. The zero-order chi connectivity index (χ0) is 6.85. The molecule has 0 bridgehead atoms. The van der Waals surface area contributed by atoms with Gasteiger partial charge in [0.05, 0.1) is 0 Å². The number of rotatable bonds is 1. The third-order valence-corrected chi connectivity index (χ3v) is 2.56. The number of thiophene rings is 1. The number of aromatic carboxylic acids is 1. The molecule has 0 aliphatic rings. The average molecular weight is 203 g/mol. The molecule has 47 valence electrons. The van der Waals surface area contributed by atoms with E-state index in [0.717, 1.165) is 3.66 Å². The van der Waals surface area contributed by atoms with Gasteiger partial charge in [-0.2, -0.15) is 0 Å². The first-order chi connectivity index (χ1) is 4.20. The molecule has 1 aromatic heterocycles. The van der Waals surface area contributed by atoms with Crippen molar-refractivity contribution >= 4 is 37.8 Å². The number of carbonyl (C=O) groups is 1. The van der Waals surface area contributed by atoms with Crippen molar-refractivity contribution in [3.63, 3.8) is 0 Å². The van der Waals surface area contributed by atoms with E-state index in [1.807, 2.05) is 0 Å². The monoisotopic (exact) mass is 203 g/mol. The van der Waals surface area contributed by atoms with Crippen molar-refractivity contribution in [3.05, 3.63) is 17.0 Å². The van der Waals surface area contributed by atoms with Gasteiger partial charge in [0, 0.05) is 0 Å². The molecule has 0 amide bonds. The number of carboxylic acid groups (broad SMARTS) is 1. The summed E-state index contributed by atoms with van der Waals surface area (Å²) < 4.78 is 1.04. The molecule has 2 nitrogen and oxygen atoms in total. The summed E-state index contributed by atoms with van der Waals surface area (Å²) >= 11 is 2.79. The first kappa shape index (κ1) is 6.84. The van der Waals surface area contributed by atoms with Gasteiger partial charge >= 0.3 is 64.7 Å². The van der Waals surface area contributed by atoms with Crippen LogP contribution < -0.4 is 3.66 Å². The summed E-state index contributed by atoms with van der Waals surface area (Å²) in [6, 6.07) is 1.63. The Labute approximate surface area is 65.0 Å². The van der Waals surface area contributed by atoms with Crippen LogP contribution in [0.15, 0.2) is 6.07 Å². The summed E-state index contributed by atoms with van der Waals surface area (Å²) in [5.74, 6) is -0.893. The van der Waals surface area contributed by atoms with E-state index in [-0.39, 0.29) is 5.56 Å². The number of hydrogen-bond acceptors (Lipinski definition) is 2. The third-order valence-electron chi connectivity index (χ3n) is 0.796. The maximum atomic E-state index is 10.2. The topological polar surface area (TPSA) is 37.3 Å². The van der Waals surface area contributed by atoms with Gasteiger partial charge in [-0.05, 0) is 0 Å². The molecule has 1 N–H and O–H groups in total. The molecule has 0 aliphatic carbocycles. The van der Waals surface area contributed by atoms with Crippen LogP contribution in [0.5, 0.6) is 0 Å². The van der Waals surface area contributed by atoms with Gasteiger partial charge in [-0.15, -0.1) is 0 Å². The van der Waals surface area contributed by atoms with Crippen LogP contribution >= 0.6 is 11.3 Å². The Bertz CT molecular complexity index is 231. The predicted octanol–water partition coefficient (Wildman–Crippen LogP) is -0.495. The van der Waals surface area contributed by atoms with Crippen molar-refractivity contribution in [1.29, 1.82) is 0 Å². The van der Waals surface area contributed by atoms with Gasteiger partial charge in [0.2, 0.25) is 0 Å². The second-order valence-electron chi connectivity index (χ2n) is 1.47. The minimum atomic E-state index is -0.893. The van der Waals surface area contributed by atoms with Crippen LogP contribution in [-0.2, 0) is 0 Å². The van der Waals surface area contributed by atoms with Gasteiger partial charge in [0.1, 0.15) is 0 Å². The van der Waals surface area contributed by atoms with E-state index < -0.39 is 5.97 Å². The Morgan fingerprint density at radius 3 is 2.78 bits per heavy atom. The zero-order valence-corrected chi connectivity index (χ0v) is 7.66. The van der Waals surface area contributed by atoms with Crippen molar-refractivity contribution in [2.45, 2.75) is 0 Å². The maximum absolute atomic E-state index is 10.2. The molecule has 0 fully saturated rings. The van der Waals surface area contributed by atoms with Crippen LogP contribution in [0.2, 0.25) is 0 Å². The second-order valence-corrected chi connectivity index (χ2v) is 4.53. The number of hydrogen-bond donors (Lipinski definition) is 1. The van der Waals surface area contributed by atoms with Gasteiger partial charge < -0.3 is 0 Å². The van der Waals surface area contributed by atoms with Gasteiger partial charge in [-0.25, -0.2) is 0 Å². The van der Waals surface area contributed by atoms with Crippen molar-refractivity contribution in [2.24, 2.45) is 0 Å². The summed E-state index contributed by atoms with van der Waals surface area (Å²) in [5.41, 5.74) is 0.277. The van der Waals surface area contributed by atoms with Gasteiger partial charge in [-0.3, -0.25) is 0 Å². The fraction of sp³-hybridized carbons (Fsp3) is 0. The Hall–Kier alpha value is -0.272. The van der Waals surface area contributed by atoms with Crippen molar-refractivity contribution < 1.29 is 9.90 Å². The normalized spacial score (nSPS) is 9.44. The summed E-state index contributed by atoms with van der Waals surface area (Å²) in [6.07, 6.45) is 0. The summed E-state index contributed by atoms with van der Waals surface area (Å²) in [5, 5.41) is 11.0. The molecule has 1 rings (SSSR count). The Morgan fingerprint density at radius 2 is 2.56 bits per heavy atom. The molecule has 0 spiro atoms. The van der Waals surface area contributed by atoms with E-state index in [1.165, 1.54) is 28.2 Å². The molecule has 9 heavy (non-hydrogen) atoms. The predicted molar refractivity (Wildman–Crippen MR) is 38.3 cm³/mol. The van der Waals surface area contributed by atoms with Crippen LogP contribution in [-0.4, -0.2) is 27.9 Å². The SMILES string of the molecule is O=C(O)c1[c]sc([AsH2])c1. The summed E-state index contributed by atoms with van der Waals surface area (Å²) in [7, 11) is 0. The van der Waals surface area contributed by atoms with Gasteiger partial charge in [-0.1, -0.05) is 0 Å². The quantitative estimate of drug-likeness (QED) is 0.625. The second kappa shape index (κ2) is 2.54. The number of carboxylic acids is 1. The Kier molecular flexibility index (Phi) is 1.93. The fourth-order valence-electron chi connectivity index (χ4n) is 0.420. The van der Waals surface area contributed by atoms with Crippen LogP contribution in [0, 0.1) is 5.38 Å². The van der Waals surface area contributed by atoms with Crippen LogP contribution in [0.1, 0.15) is 10.4 Å². The van der Waals surface area contributed by atoms with Crippen LogP contribution in [0.3, 0.4) is 0 Å². The van der Waals surface area contributed by atoms with E-state index in [2.05, 4.69) is 5.38 Å². The molecule has 0 saturated carbocycles. The molecule has 0 saturated heterocycles. The van der Waals surface area contributed by atoms with E-state index in [1.54, 1.807) is 6.07 Å². The van der Waals surface area contributed by atoms with Gasteiger partial charge in [0.15, 0.2) is 0 Å². The van der Waals surface area contributed by atoms with E-state index in [4.69, 9.17) is 5.11 Å².